The van der Waals surface area contributed by atoms with Gasteiger partial charge < -0.3 is 13.9 Å². The lowest BCUT2D eigenvalue weighted by Gasteiger charge is -2.26. The zero-order valence-electron chi connectivity index (χ0n) is 28.0. The molecular formula is C48H30N2OS. The van der Waals surface area contributed by atoms with Crippen molar-refractivity contribution in [3.63, 3.8) is 0 Å². The lowest BCUT2D eigenvalue weighted by Crippen LogP contribution is -2.09. The Morgan fingerprint density at radius 2 is 1.02 bits per heavy atom. The molecule has 0 spiro atoms. The van der Waals surface area contributed by atoms with Crippen LogP contribution in [0.15, 0.2) is 186 Å². The Morgan fingerprint density at radius 3 is 1.92 bits per heavy atom. The fourth-order valence-corrected chi connectivity index (χ4v) is 9.12. The van der Waals surface area contributed by atoms with E-state index >= 15 is 0 Å². The van der Waals surface area contributed by atoms with Crippen LogP contribution in [0, 0.1) is 0 Å². The van der Waals surface area contributed by atoms with E-state index in [0.29, 0.717) is 0 Å². The number of hydrogen-bond donors (Lipinski definition) is 0. The quantitative estimate of drug-likeness (QED) is 0.180. The molecule has 4 heteroatoms. The van der Waals surface area contributed by atoms with E-state index < -0.39 is 0 Å². The minimum Gasteiger partial charge on any atom is -0.456 e. The number of anilines is 3. The number of hydrogen-bond acceptors (Lipinski definition) is 3. The van der Waals surface area contributed by atoms with Crippen LogP contribution in [0.4, 0.5) is 17.1 Å². The van der Waals surface area contributed by atoms with Crippen LogP contribution in [0.3, 0.4) is 0 Å². The molecule has 0 atom stereocenters. The maximum atomic E-state index is 6.40. The zero-order valence-corrected chi connectivity index (χ0v) is 28.8. The average molecular weight is 683 g/mol. The molecule has 8 aromatic carbocycles. The fraction of sp³-hybridized carbons (Fsp3) is 0. The van der Waals surface area contributed by atoms with E-state index in [1.165, 1.54) is 47.5 Å². The Labute approximate surface area is 303 Å². The summed E-state index contributed by atoms with van der Waals surface area (Å²) in [6, 6.07) is 65.5. The maximum absolute atomic E-state index is 6.40. The Kier molecular flexibility index (Phi) is 6.42. The van der Waals surface area contributed by atoms with Gasteiger partial charge in [0, 0.05) is 70.5 Å². The van der Waals surface area contributed by atoms with Crippen LogP contribution < -0.4 is 4.90 Å². The van der Waals surface area contributed by atoms with Crippen molar-refractivity contribution >= 4 is 92.3 Å². The molecule has 0 aliphatic rings. The molecule has 0 amide bonds. The van der Waals surface area contributed by atoms with Gasteiger partial charge in [-0.1, -0.05) is 103 Å². The first-order chi connectivity index (χ1) is 25.8. The van der Waals surface area contributed by atoms with Crippen LogP contribution in [0.25, 0.3) is 80.7 Å². The molecule has 3 aromatic heterocycles. The maximum Gasteiger partial charge on any atom is 0.137 e. The molecular weight excluding hydrogens is 653 g/mol. The van der Waals surface area contributed by atoms with Crippen molar-refractivity contribution in [1.82, 2.24) is 4.57 Å². The summed E-state index contributed by atoms with van der Waals surface area (Å²) in [5, 5.41) is 7.34. The predicted octanol–water partition coefficient (Wildman–Crippen LogP) is 14.2. The minimum atomic E-state index is 0.877. The van der Waals surface area contributed by atoms with Gasteiger partial charge in [-0.15, -0.1) is 11.3 Å². The summed E-state index contributed by atoms with van der Waals surface area (Å²) in [7, 11) is 0. The molecule has 11 rings (SSSR count). The van der Waals surface area contributed by atoms with Crippen LogP contribution in [0.2, 0.25) is 0 Å². The highest BCUT2D eigenvalue weighted by atomic mass is 32.1. The third-order valence-corrected chi connectivity index (χ3v) is 11.5. The van der Waals surface area contributed by atoms with E-state index in [1.54, 1.807) is 0 Å². The third-order valence-electron chi connectivity index (χ3n) is 10.4. The summed E-state index contributed by atoms with van der Waals surface area (Å²) in [5.74, 6) is 0. The number of para-hydroxylation sites is 3. The molecule has 52 heavy (non-hydrogen) atoms. The number of fused-ring (bicyclic) bond motifs is 9. The standard InChI is InChI=1S/C48H30N2OS/c1-2-12-33(13-3-1)50-43-18-7-4-15-37(43)38-24-21-32(28-44(38)50)31-11-10-14-34(27-31)49(35-22-25-40-39-16-5-8-19-45(39)51-46(40)29-35)36-23-26-42-41-17-6-9-20-47(41)52-48(42)30-36/h1-30H. The van der Waals surface area contributed by atoms with Crippen molar-refractivity contribution < 1.29 is 4.42 Å². The van der Waals surface area contributed by atoms with Gasteiger partial charge in [0.2, 0.25) is 0 Å². The van der Waals surface area contributed by atoms with Crippen LogP contribution >= 0.6 is 11.3 Å². The second-order valence-electron chi connectivity index (χ2n) is 13.4. The molecule has 0 saturated heterocycles. The lowest BCUT2D eigenvalue weighted by atomic mass is 10.0. The number of benzene rings is 8. The summed E-state index contributed by atoms with van der Waals surface area (Å²) in [6.45, 7) is 0. The van der Waals surface area contributed by atoms with Crippen LogP contribution in [0.5, 0.6) is 0 Å². The molecule has 3 heterocycles. The number of nitrogens with zero attached hydrogens (tertiary/aromatic N) is 2. The first-order valence-electron chi connectivity index (χ1n) is 17.6. The summed E-state index contributed by atoms with van der Waals surface area (Å²) in [5.41, 5.74) is 10.9. The van der Waals surface area contributed by atoms with E-state index in [0.717, 1.165) is 50.3 Å². The number of furan rings is 1. The monoisotopic (exact) mass is 682 g/mol. The second kappa shape index (κ2) is 11.5. The average Bonchev–Trinajstić information content (AvgIpc) is 3.87. The summed E-state index contributed by atoms with van der Waals surface area (Å²) < 4.78 is 11.4. The summed E-state index contributed by atoms with van der Waals surface area (Å²) in [6.07, 6.45) is 0. The van der Waals surface area contributed by atoms with E-state index in [-0.39, 0.29) is 0 Å². The van der Waals surface area contributed by atoms with Crippen LogP contribution in [-0.4, -0.2) is 4.57 Å². The molecule has 0 radical (unpaired) electrons. The molecule has 0 saturated carbocycles. The zero-order chi connectivity index (χ0) is 34.2. The molecule has 0 bridgehead atoms. The molecule has 0 fully saturated rings. The smallest absolute Gasteiger partial charge is 0.137 e. The minimum absolute atomic E-state index is 0.877. The highest BCUT2D eigenvalue weighted by Gasteiger charge is 2.19. The highest BCUT2D eigenvalue weighted by Crippen LogP contribution is 2.43. The fourth-order valence-electron chi connectivity index (χ4n) is 7.98. The van der Waals surface area contributed by atoms with Gasteiger partial charge >= 0.3 is 0 Å². The molecule has 0 unspecified atom stereocenters. The van der Waals surface area contributed by atoms with Crippen molar-refractivity contribution in [3.05, 3.63) is 182 Å². The van der Waals surface area contributed by atoms with Crippen molar-refractivity contribution in [2.24, 2.45) is 0 Å². The molecule has 3 nitrogen and oxygen atoms in total. The normalized spacial score (nSPS) is 11.8. The van der Waals surface area contributed by atoms with Crippen molar-refractivity contribution in [2.75, 3.05) is 4.90 Å². The van der Waals surface area contributed by atoms with Crippen molar-refractivity contribution in [2.45, 2.75) is 0 Å². The van der Waals surface area contributed by atoms with Gasteiger partial charge in [-0.25, -0.2) is 0 Å². The van der Waals surface area contributed by atoms with Gasteiger partial charge in [0.05, 0.1) is 11.0 Å². The molecule has 11 aromatic rings. The van der Waals surface area contributed by atoms with Crippen molar-refractivity contribution in [1.29, 1.82) is 0 Å². The molecule has 244 valence electrons. The Morgan fingerprint density at radius 1 is 0.385 bits per heavy atom. The summed E-state index contributed by atoms with van der Waals surface area (Å²) in [4.78, 5) is 2.36. The molecule has 0 N–H and O–H groups in total. The lowest BCUT2D eigenvalue weighted by molar-refractivity contribution is 0.669. The van der Waals surface area contributed by atoms with Gasteiger partial charge in [0.1, 0.15) is 11.2 Å². The topological polar surface area (TPSA) is 21.3 Å². The van der Waals surface area contributed by atoms with Gasteiger partial charge in [0.15, 0.2) is 0 Å². The first kappa shape index (κ1) is 29.1. The van der Waals surface area contributed by atoms with Crippen molar-refractivity contribution in [3.8, 4) is 16.8 Å². The highest BCUT2D eigenvalue weighted by molar-refractivity contribution is 7.25. The Hall–Kier alpha value is -6.62. The summed E-state index contributed by atoms with van der Waals surface area (Å²) >= 11 is 1.84. The van der Waals surface area contributed by atoms with Crippen LogP contribution in [-0.2, 0) is 0 Å². The molecule has 0 aliphatic carbocycles. The van der Waals surface area contributed by atoms with Gasteiger partial charge in [-0.3, -0.25) is 0 Å². The Balaban J connectivity index is 1.10. The van der Waals surface area contributed by atoms with E-state index in [1.807, 2.05) is 23.5 Å². The predicted molar refractivity (Wildman–Crippen MR) is 221 cm³/mol. The largest absolute Gasteiger partial charge is 0.456 e. The van der Waals surface area contributed by atoms with E-state index in [4.69, 9.17) is 4.42 Å². The third kappa shape index (κ3) is 4.51. The number of aromatic nitrogens is 1. The SMILES string of the molecule is c1ccc(-n2c3ccccc3c3ccc(-c4cccc(N(c5ccc6c(c5)oc5ccccc56)c5ccc6c(c5)sc5ccccc56)c4)cc32)cc1. The number of thiophene rings is 1. The van der Waals surface area contributed by atoms with E-state index in [9.17, 15) is 0 Å². The van der Waals surface area contributed by atoms with Crippen LogP contribution in [0.1, 0.15) is 0 Å². The van der Waals surface area contributed by atoms with Gasteiger partial charge in [0.25, 0.3) is 0 Å². The first-order valence-corrected chi connectivity index (χ1v) is 18.4. The Bertz CT molecular complexity index is 3030. The van der Waals surface area contributed by atoms with Gasteiger partial charge in [-0.2, -0.15) is 0 Å². The molecule has 0 aliphatic heterocycles. The number of rotatable bonds is 5. The van der Waals surface area contributed by atoms with E-state index in [2.05, 4.69) is 179 Å². The van der Waals surface area contributed by atoms with Gasteiger partial charge in [-0.05, 0) is 83.9 Å². The second-order valence-corrected chi connectivity index (χ2v) is 14.4.